The number of rotatable bonds is 4. The summed E-state index contributed by atoms with van der Waals surface area (Å²) >= 11 is 6.76. The van der Waals surface area contributed by atoms with Gasteiger partial charge in [0.15, 0.2) is 0 Å². The molecule has 2 aliphatic carbocycles. The van der Waals surface area contributed by atoms with Crippen LogP contribution in [0.1, 0.15) is 61.5 Å². The van der Waals surface area contributed by atoms with Gasteiger partial charge >= 0.3 is 11.9 Å². The number of carbonyl (C=O) groups is 2. The minimum Gasteiger partial charge on any atom is -0.480 e. The van der Waals surface area contributed by atoms with Crippen LogP contribution in [0.5, 0.6) is 0 Å². The molecule has 2 saturated carbocycles. The Labute approximate surface area is 204 Å². The number of nitrogens with two attached hydrogens (primary N) is 2. The van der Waals surface area contributed by atoms with Crippen LogP contribution in [0.25, 0.3) is 0 Å². The van der Waals surface area contributed by atoms with Crippen LogP contribution in [0.3, 0.4) is 0 Å². The largest absolute Gasteiger partial charge is 0.480 e. The highest BCUT2D eigenvalue weighted by atomic mass is 79.9. The lowest BCUT2D eigenvalue weighted by Crippen LogP contribution is -2.45. The van der Waals surface area contributed by atoms with E-state index in [1.807, 2.05) is 48.5 Å². The lowest BCUT2D eigenvalue weighted by Gasteiger charge is -2.18. The molecule has 0 saturated heterocycles. The minimum atomic E-state index is -1.03. The van der Waals surface area contributed by atoms with Crippen molar-refractivity contribution in [1.82, 2.24) is 0 Å². The second kappa shape index (κ2) is 10.0. The summed E-state index contributed by atoms with van der Waals surface area (Å²) in [5.74, 6) is -1.22. The SMILES string of the molecule is N[C@@]1(C(=O)O)CC[C@H](c2ccc(Br)cc2)C1.N[C@]1(C(=O)O)CC[C@H](c2ccc(Br)cc2)C1. The molecule has 4 rings (SSSR count). The summed E-state index contributed by atoms with van der Waals surface area (Å²) in [7, 11) is 0. The second-order valence-corrected chi connectivity index (χ2v) is 10.7. The molecule has 0 aromatic heterocycles. The zero-order valence-corrected chi connectivity index (χ0v) is 20.8. The monoisotopic (exact) mass is 566 g/mol. The van der Waals surface area contributed by atoms with E-state index in [0.717, 1.165) is 21.8 Å². The maximum absolute atomic E-state index is 11.0. The van der Waals surface area contributed by atoms with E-state index >= 15 is 0 Å². The molecule has 0 amide bonds. The molecule has 6 N–H and O–H groups in total. The molecule has 0 heterocycles. The van der Waals surface area contributed by atoms with Gasteiger partial charge in [-0.15, -0.1) is 0 Å². The van der Waals surface area contributed by atoms with E-state index in [4.69, 9.17) is 21.7 Å². The van der Waals surface area contributed by atoms with Crippen LogP contribution >= 0.6 is 31.9 Å². The number of aliphatic carboxylic acids is 2. The number of carboxylic acids is 2. The Balaban J connectivity index is 0.000000181. The molecule has 32 heavy (non-hydrogen) atoms. The first-order valence-corrected chi connectivity index (χ1v) is 12.2. The van der Waals surface area contributed by atoms with Gasteiger partial charge in [0.1, 0.15) is 11.1 Å². The van der Waals surface area contributed by atoms with Gasteiger partial charge in [-0.2, -0.15) is 0 Å². The van der Waals surface area contributed by atoms with Crippen molar-refractivity contribution < 1.29 is 19.8 Å². The third-order valence-corrected chi connectivity index (χ3v) is 7.69. The Bertz CT molecular complexity index is 887. The lowest BCUT2D eigenvalue weighted by molar-refractivity contribution is -0.144. The van der Waals surface area contributed by atoms with E-state index in [1.54, 1.807) is 0 Å². The van der Waals surface area contributed by atoms with E-state index in [-0.39, 0.29) is 11.8 Å². The van der Waals surface area contributed by atoms with Gasteiger partial charge in [-0.05, 0) is 85.8 Å². The number of benzene rings is 2. The van der Waals surface area contributed by atoms with Crippen molar-refractivity contribution in [3.05, 3.63) is 68.6 Å². The summed E-state index contributed by atoms with van der Waals surface area (Å²) in [5, 5.41) is 18.1. The Morgan fingerprint density at radius 3 is 1.28 bits per heavy atom. The maximum Gasteiger partial charge on any atom is 0.323 e. The van der Waals surface area contributed by atoms with E-state index in [0.29, 0.717) is 25.7 Å². The average molecular weight is 568 g/mol. The van der Waals surface area contributed by atoms with Gasteiger partial charge in [-0.3, -0.25) is 9.59 Å². The molecule has 2 aliphatic rings. The normalized spacial score (nSPS) is 29.2. The van der Waals surface area contributed by atoms with Crippen LogP contribution < -0.4 is 11.5 Å². The Kier molecular flexibility index (Phi) is 7.81. The zero-order valence-electron chi connectivity index (χ0n) is 17.6. The summed E-state index contributed by atoms with van der Waals surface area (Å²) in [6, 6.07) is 16.0. The molecule has 4 atom stereocenters. The smallest absolute Gasteiger partial charge is 0.323 e. The summed E-state index contributed by atoms with van der Waals surface area (Å²) in [6.07, 6.45) is 3.88. The molecule has 0 bridgehead atoms. The van der Waals surface area contributed by atoms with Gasteiger partial charge in [0.2, 0.25) is 0 Å². The Morgan fingerprint density at radius 1 is 0.719 bits per heavy atom. The van der Waals surface area contributed by atoms with Crippen molar-refractivity contribution in [2.24, 2.45) is 11.5 Å². The van der Waals surface area contributed by atoms with Crippen molar-refractivity contribution in [3.8, 4) is 0 Å². The van der Waals surface area contributed by atoms with E-state index in [1.165, 1.54) is 11.1 Å². The lowest BCUT2D eigenvalue weighted by atomic mass is 9.93. The first-order chi connectivity index (χ1) is 15.0. The average Bonchev–Trinajstić information content (AvgIpc) is 3.35. The topological polar surface area (TPSA) is 127 Å². The van der Waals surface area contributed by atoms with Crippen LogP contribution in [0.15, 0.2) is 57.5 Å². The van der Waals surface area contributed by atoms with Crippen molar-refractivity contribution in [2.75, 3.05) is 0 Å². The number of hydrogen-bond donors (Lipinski definition) is 4. The summed E-state index contributed by atoms with van der Waals surface area (Å²) < 4.78 is 2.07. The third kappa shape index (κ3) is 5.78. The predicted octanol–water partition coefficient (Wildman–Crippen LogP) is 5.00. The standard InChI is InChI=1S/2C12H14BrNO2/c2*13-10-3-1-8(2-4-10)9-5-6-12(14,7-9)11(15)16/h2*1-4,9H,5-7,14H2,(H,15,16)/t9-,12+;9-,12-/m00/s1. The van der Waals surface area contributed by atoms with Gasteiger partial charge in [-0.25, -0.2) is 0 Å². The van der Waals surface area contributed by atoms with E-state index < -0.39 is 23.0 Å². The van der Waals surface area contributed by atoms with Crippen LogP contribution in [0, 0.1) is 0 Å². The first kappa shape index (κ1) is 24.9. The van der Waals surface area contributed by atoms with Crippen molar-refractivity contribution >= 4 is 43.8 Å². The maximum atomic E-state index is 11.0. The molecule has 172 valence electrons. The van der Waals surface area contributed by atoms with E-state index in [2.05, 4.69) is 31.9 Å². The minimum absolute atomic E-state index is 0.272. The summed E-state index contributed by atoms with van der Waals surface area (Å²) in [6.45, 7) is 0. The fraction of sp³-hybridized carbons (Fsp3) is 0.417. The summed E-state index contributed by atoms with van der Waals surface area (Å²) in [4.78, 5) is 22.0. The quantitative estimate of drug-likeness (QED) is 0.412. The van der Waals surface area contributed by atoms with E-state index in [9.17, 15) is 9.59 Å². The number of halogens is 2. The second-order valence-electron chi connectivity index (χ2n) is 8.91. The van der Waals surface area contributed by atoms with Crippen molar-refractivity contribution in [2.45, 2.75) is 61.4 Å². The molecule has 0 radical (unpaired) electrons. The van der Waals surface area contributed by atoms with Gasteiger partial charge in [0, 0.05) is 8.95 Å². The molecule has 0 aliphatic heterocycles. The van der Waals surface area contributed by atoms with Crippen LogP contribution in [0.2, 0.25) is 0 Å². The van der Waals surface area contributed by atoms with Gasteiger partial charge in [-0.1, -0.05) is 56.1 Å². The van der Waals surface area contributed by atoms with Gasteiger partial charge < -0.3 is 21.7 Å². The van der Waals surface area contributed by atoms with Crippen molar-refractivity contribution in [3.63, 3.8) is 0 Å². The Hall–Kier alpha value is -1.74. The highest BCUT2D eigenvalue weighted by molar-refractivity contribution is 9.10. The van der Waals surface area contributed by atoms with Gasteiger partial charge in [0.25, 0.3) is 0 Å². The van der Waals surface area contributed by atoms with Crippen LogP contribution in [0.4, 0.5) is 0 Å². The van der Waals surface area contributed by atoms with Crippen LogP contribution in [-0.4, -0.2) is 33.2 Å². The molecular formula is C24H28Br2N2O4. The summed E-state index contributed by atoms with van der Waals surface area (Å²) in [5.41, 5.74) is 12.0. The first-order valence-electron chi connectivity index (χ1n) is 10.6. The molecule has 2 aromatic carbocycles. The third-order valence-electron chi connectivity index (χ3n) is 6.63. The molecule has 8 heteroatoms. The van der Waals surface area contributed by atoms with Crippen molar-refractivity contribution in [1.29, 1.82) is 0 Å². The predicted molar refractivity (Wildman–Crippen MR) is 131 cm³/mol. The molecule has 2 aromatic rings. The molecule has 2 fully saturated rings. The highest BCUT2D eigenvalue weighted by Gasteiger charge is 2.43. The molecule has 6 nitrogen and oxygen atoms in total. The number of carboxylic acid groups (broad SMARTS) is 2. The number of hydrogen-bond acceptors (Lipinski definition) is 4. The Morgan fingerprint density at radius 2 is 1.03 bits per heavy atom. The highest BCUT2D eigenvalue weighted by Crippen LogP contribution is 2.41. The zero-order chi connectivity index (χ0) is 23.5. The molecular weight excluding hydrogens is 540 g/mol. The fourth-order valence-corrected chi connectivity index (χ4v) is 5.11. The molecule has 0 spiro atoms. The fourth-order valence-electron chi connectivity index (χ4n) is 4.58. The van der Waals surface area contributed by atoms with Crippen LogP contribution in [-0.2, 0) is 9.59 Å². The molecule has 0 unspecified atom stereocenters. The van der Waals surface area contributed by atoms with Gasteiger partial charge in [0.05, 0.1) is 0 Å².